The van der Waals surface area contributed by atoms with Gasteiger partial charge in [0.1, 0.15) is 11.4 Å². The summed E-state index contributed by atoms with van der Waals surface area (Å²) >= 11 is 5.33. The van der Waals surface area contributed by atoms with Crippen LogP contribution in [0.5, 0.6) is 5.75 Å². The van der Waals surface area contributed by atoms with Gasteiger partial charge in [-0.3, -0.25) is 20.2 Å². The van der Waals surface area contributed by atoms with Crippen LogP contribution in [0.1, 0.15) is 22.8 Å². The first-order chi connectivity index (χ1) is 15.6. The molecule has 12 heteroatoms. The molecule has 3 rings (SSSR count). The van der Waals surface area contributed by atoms with Gasteiger partial charge in [-0.15, -0.1) is 0 Å². The number of carbonyl (C=O) groups excluding carboxylic acids is 1. The monoisotopic (exact) mass is 482 g/mol. The van der Waals surface area contributed by atoms with Gasteiger partial charge in [-0.25, -0.2) is 0 Å². The highest BCUT2D eigenvalue weighted by atomic mass is 32.1. The Balaban J connectivity index is 1.64. The molecule has 0 aliphatic carbocycles. The van der Waals surface area contributed by atoms with Gasteiger partial charge < -0.3 is 14.5 Å². The van der Waals surface area contributed by atoms with Crippen molar-refractivity contribution < 1.29 is 27.6 Å². The summed E-state index contributed by atoms with van der Waals surface area (Å²) in [6, 6.07) is 9.14. The Bertz CT molecular complexity index is 1060. The van der Waals surface area contributed by atoms with Crippen molar-refractivity contribution in [2.45, 2.75) is 13.1 Å². The molecule has 176 valence electrons. The minimum absolute atomic E-state index is 0.107. The summed E-state index contributed by atoms with van der Waals surface area (Å²) in [6.45, 7) is 3.52. The number of thiocarbonyl (C=S) groups is 1. The van der Waals surface area contributed by atoms with Crippen LogP contribution in [0.15, 0.2) is 42.5 Å². The average molecular weight is 482 g/mol. The highest BCUT2D eigenvalue weighted by Gasteiger charge is 2.34. The number of nitro groups is 1. The number of anilines is 1. The lowest BCUT2D eigenvalue weighted by Crippen LogP contribution is -2.52. The molecule has 2 aromatic carbocycles. The number of hydrogen-bond acceptors (Lipinski definition) is 6. The molecule has 0 spiro atoms. The number of halogens is 3. The number of rotatable bonds is 5. The molecule has 0 bridgehead atoms. The van der Waals surface area contributed by atoms with Gasteiger partial charge in [0.2, 0.25) is 0 Å². The topological polar surface area (TPSA) is 88.0 Å². The van der Waals surface area contributed by atoms with E-state index in [9.17, 15) is 28.1 Å². The van der Waals surface area contributed by atoms with Crippen molar-refractivity contribution in [2.75, 3.05) is 37.7 Å². The van der Waals surface area contributed by atoms with Gasteiger partial charge in [-0.05, 0) is 49.5 Å². The molecule has 1 aliphatic rings. The maximum Gasteiger partial charge on any atom is 0.416 e. The van der Waals surface area contributed by atoms with E-state index in [4.69, 9.17) is 17.0 Å². The van der Waals surface area contributed by atoms with E-state index >= 15 is 0 Å². The zero-order valence-electron chi connectivity index (χ0n) is 17.6. The molecule has 1 fully saturated rings. The molecule has 0 unspecified atom stereocenters. The van der Waals surface area contributed by atoms with E-state index < -0.39 is 28.3 Å². The number of alkyl halides is 3. The summed E-state index contributed by atoms with van der Waals surface area (Å²) < 4.78 is 44.2. The molecule has 0 aromatic heterocycles. The molecule has 8 nitrogen and oxygen atoms in total. The first-order valence-electron chi connectivity index (χ1n) is 10.0. The largest absolute Gasteiger partial charge is 0.494 e. The second-order valence-corrected chi connectivity index (χ2v) is 7.54. The molecule has 0 radical (unpaired) electrons. The van der Waals surface area contributed by atoms with Crippen LogP contribution in [0.2, 0.25) is 0 Å². The minimum atomic E-state index is -4.67. The minimum Gasteiger partial charge on any atom is -0.494 e. The quantitative estimate of drug-likeness (QED) is 0.394. The van der Waals surface area contributed by atoms with Gasteiger partial charge in [0.05, 0.1) is 17.1 Å². The van der Waals surface area contributed by atoms with E-state index in [1.54, 1.807) is 34.1 Å². The summed E-state index contributed by atoms with van der Waals surface area (Å²) in [7, 11) is 0. The van der Waals surface area contributed by atoms with Crippen LogP contribution < -0.4 is 15.0 Å². The second-order valence-electron chi connectivity index (χ2n) is 7.15. The number of hydrogen-bond donors (Lipinski definition) is 1. The molecule has 0 atom stereocenters. The Labute approximate surface area is 193 Å². The van der Waals surface area contributed by atoms with Gasteiger partial charge in [-0.2, -0.15) is 13.2 Å². The molecular formula is C21H21F3N4O4S. The molecule has 1 saturated heterocycles. The predicted octanol–water partition coefficient (Wildman–Crippen LogP) is 3.85. The number of nitrogens with zero attached hydrogens (tertiary/aromatic N) is 3. The van der Waals surface area contributed by atoms with Gasteiger partial charge in [0.25, 0.3) is 11.6 Å². The van der Waals surface area contributed by atoms with Crippen LogP contribution in [0.25, 0.3) is 0 Å². The van der Waals surface area contributed by atoms with E-state index in [-0.39, 0.29) is 23.9 Å². The first-order valence-corrected chi connectivity index (χ1v) is 10.4. The summed E-state index contributed by atoms with van der Waals surface area (Å²) in [5, 5.41) is 14.2. The van der Waals surface area contributed by atoms with Crippen molar-refractivity contribution in [3.8, 4) is 5.75 Å². The maximum absolute atomic E-state index is 12.9. The number of ether oxygens (including phenoxy) is 1. The van der Waals surface area contributed by atoms with Crippen LogP contribution in [0, 0.1) is 10.1 Å². The van der Waals surface area contributed by atoms with Crippen molar-refractivity contribution in [1.82, 2.24) is 10.2 Å². The average Bonchev–Trinajstić information content (AvgIpc) is 2.78. The molecule has 33 heavy (non-hydrogen) atoms. The molecule has 2 aromatic rings. The lowest BCUT2D eigenvalue weighted by Gasteiger charge is -2.37. The van der Waals surface area contributed by atoms with Crippen LogP contribution in [-0.2, 0) is 6.18 Å². The number of nitro benzene ring substituents is 1. The van der Waals surface area contributed by atoms with E-state index in [1.807, 2.05) is 6.92 Å². The van der Waals surface area contributed by atoms with Crippen LogP contribution >= 0.6 is 12.2 Å². The van der Waals surface area contributed by atoms with Crippen molar-refractivity contribution >= 4 is 34.6 Å². The summed E-state index contributed by atoms with van der Waals surface area (Å²) in [4.78, 5) is 26.4. The molecular weight excluding hydrogens is 461 g/mol. The Morgan fingerprint density at radius 3 is 2.48 bits per heavy atom. The molecule has 1 N–H and O–H groups in total. The third-order valence-electron chi connectivity index (χ3n) is 5.03. The van der Waals surface area contributed by atoms with E-state index in [0.717, 1.165) is 12.1 Å². The second kappa shape index (κ2) is 10.0. The lowest BCUT2D eigenvalue weighted by molar-refractivity contribution is -0.384. The summed E-state index contributed by atoms with van der Waals surface area (Å²) in [5.41, 5.74) is -1.20. The van der Waals surface area contributed by atoms with Gasteiger partial charge >= 0.3 is 6.18 Å². The molecule has 1 heterocycles. The van der Waals surface area contributed by atoms with Crippen molar-refractivity contribution in [2.24, 2.45) is 0 Å². The highest BCUT2D eigenvalue weighted by molar-refractivity contribution is 7.80. The standard InChI is InChI=1S/C21H21F3N4O4S/c1-2-32-16-5-3-4-14(12-16)19(29)25-20(33)27-10-8-26(9-11-27)17-7-6-15(21(22,23)24)13-18(17)28(30)31/h3-7,12-13H,2,8-11H2,1H3,(H,25,29,33). The highest BCUT2D eigenvalue weighted by Crippen LogP contribution is 2.36. The SMILES string of the molecule is CCOc1cccc(C(=O)NC(=S)N2CCN(c3ccc(C(F)(F)F)cc3[N+](=O)[O-])CC2)c1. The third kappa shape index (κ3) is 5.89. The van der Waals surface area contributed by atoms with Crippen LogP contribution in [0.3, 0.4) is 0 Å². The molecule has 0 saturated carbocycles. The smallest absolute Gasteiger partial charge is 0.416 e. The number of benzene rings is 2. The van der Waals surface area contributed by atoms with E-state index in [2.05, 4.69) is 5.32 Å². The van der Waals surface area contributed by atoms with Gasteiger partial charge in [0, 0.05) is 37.8 Å². The first kappa shape index (κ1) is 24.2. The zero-order chi connectivity index (χ0) is 24.2. The van der Waals surface area contributed by atoms with Crippen molar-refractivity contribution in [3.63, 3.8) is 0 Å². The van der Waals surface area contributed by atoms with Crippen molar-refractivity contribution in [1.29, 1.82) is 0 Å². The number of piperazine rings is 1. The summed E-state index contributed by atoms with van der Waals surface area (Å²) in [6.07, 6.45) is -4.67. The van der Waals surface area contributed by atoms with Crippen LogP contribution in [0.4, 0.5) is 24.5 Å². The van der Waals surface area contributed by atoms with Crippen molar-refractivity contribution in [3.05, 3.63) is 63.7 Å². The fourth-order valence-corrected chi connectivity index (χ4v) is 3.68. The normalized spacial score (nSPS) is 14.1. The number of nitrogens with one attached hydrogen (secondary N) is 1. The maximum atomic E-state index is 12.9. The lowest BCUT2D eigenvalue weighted by atomic mass is 10.1. The number of carbonyl (C=O) groups is 1. The Morgan fingerprint density at radius 2 is 1.88 bits per heavy atom. The fraction of sp³-hybridized carbons (Fsp3) is 0.333. The van der Waals surface area contributed by atoms with E-state index in [1.165, 1.54) is 0 Å². The van der Waals surface area contributed by atoms with Gasteiger partial charge in [-0.1, -0.05) is 6.07 Å². The number of amides is 1. The molecule has 1 aliphatic heterocycles. The molecule has 1 amide bonds. The third-order valence-corrected chi connectivity index (χ3v) is 5.39. The van der Waals surface area contributed by atoms with Crippen LogP contribution in [-0.4, -0.2) is 53.6 Å². The van der Waals surface area contributed by atoms with E-state index in [0.29, 0.717) is 37.1 Å². The van der Waals surface area contributed by atoms with Gasteiger partial charge in [0.15, 0.2) is 5.11 Å². The summed E-state index contributed by atoms with van der Waals surface area (Å²) in [5.74, 6) is 0.158. The Kier molecular flexibility index (Phi) is 7.36. The zero-order valence-corrected chi connectivity index (χ0v) is 18.4. The Hall–Kier alpha value is -3.41. The fourth-order valence-electron chi connectivity index (χ4n) is 3.41. The Morgan fingerprint density at radius 1 is 1.18 bits per heavy atom. The predicted molar refractivity (Wildman–Crippen MR) is 120 cm³/mol.